The van der Waals surface area contributed by atoms with Crippen LogP contribution in [0.4, 0.5) is 10.8 Å². The fraction of sp³-hybridized carbons (Fsp3) is 0.231. The molecule has 0 fully saturated rings. The van der Waals surface area contributed by atoms with E-state index in [2.05, 4.69) is 10.3 Å². The predicted octanol–water partition coefficient (Wildman–Crippen LogP) is 2.91. The van der Waals surface area contributed by atoms with Crippen molar-refractivity contribution in [3.8, 4) is 5.88 Å². The van der Waals surface area contributed by atoms with Gasteiger partial charge in [-0.05, 0) is 24.1 Å². The van der Waals surface area contributed by atoms with Crippen molar-refractivity contribution in [2.24, 2.45) is 11.7 Å². The molecule has 1 aromatic heterocycles. The van der Waals surface area contributed by atoms with Crippen molar-refractivity contribution in [3.05, 3.63) is 34.2 Å². The summed E-state index contributed by atoms with van der Waals surface area (Å²) in [6.07, 6.45) is 0.546. The third kappa shape index (κ3) is 3.61. The van der Waals surface area contributed by atoms with E-state index in [0.717, 1.165) is 5.56 Å². The van der Waals surface area contributed by atoms with E-state index in [1.165, 1.54) is 16.7 Å². The average molecular weight is 312 g/mol. The van der Waals surface area contributed by atoms with E-state index < -0.39 is 0 Å². The highest BCUT2D eigenvalue weighted by Gasteiger charge is 2.11. The smallest absolute Gasteiger partial charge is 0.223 e. The van der Waals surface area contributed by atoms with E-state index in [1.54, 1.807) is 13.0 Å². The first-order valence-electron chi connectivity index (χ1n) is 5.95. The van der Waals surface area contributed by atoms with E-state index in [9.17, 15) is 9.90 Å². The highest BCUT2D eigenvalue weighted by molar-refractivity contribution is 7.14. The van der Waals surface area contributed by atoms with Crippen molar-refractivity contribution >= 4 is 39.7 Å². The van der Waals surface area contributed by atoms with E-state index >= 15 is 0 Å². The number of primary amides is 1. The van der Waals surface area contributed by atoms with Gasteiger partial charge < -0.3 is 16.2 Å². The standard InChI is InChI=1S/C13H14ClN3O2S/c1-7(12(15)19)4-8-2-3-9(14)10(5-8)16-13-17-11(18)6-20-13/h2-3,5-7,18H,4H2,1H3,(H2,15,19)(H,16,17). The Balaban J connectivity index is 2.18. The van der Waals surface area contributed by atoms with Crippen molar-refractivity contribution < 1.29 is 9.90 Å². The summed E-state index contributed by atoms with van der Waals surface area (Å²) in [5.41, 5.74) is 6.89. The molecule has 1 unspecified atom stereocenters. The molecule has 0 saturated heterocycles. The maximum Gasteiger partial charge on any atom is 0.223 e. The molecule has 0 aliphatic carbocycles. The van der Waals surface area contributed by atoms with Gasteiger partial charge in [0.1, 0.15) is 0 Å². The summed E-state index contributed by atoms with van der Waals surface area (Å²) in [5, 5.41) is 14.9. The van der Waals surface area contributed by atoms with E-state index in [0.29, 0.717) is 22.3 Å². The van der Waals surface area contributed by atoms with Crippen LogP contribution in [0.1, 0.15) is 12.5 Å². The molecule has 1 amide bonds. The number of nitrogens with two attached hydrogens (primary N) is 1. The summed E-state index contributed by atoms with van der Waals surface area (Å²) in [6.45, 7) is 1.78. The SMILES string of the molecule is CC(Cc1ccc(Cl)c(Nc2nc(O)cs2)c1)C(N)=O. The van der Waals surface area contributed by atoms with Crippen molar-refractivity contribution in [3.63, 3.8) is 0 Å². The predicted molar refractivity (Wildman–Crippen MR) is 80.6 cm³/mol. The lowest BCUT2D eigenvalue weighted by Gasteiger charge is -2.11. The van der Waals surface area contributed by atoms with Crippen molar-refractivity contribution in [2.45, 2.75) is 13.3 Å². The Morgan fingerprint density at radius 2 is 2.35 bits per heavy atom. The second kappa shape index (κ2) is 6.11. The largest absolute Gasteiger partial charge is 0.493 e. The minimum atomic E-state index is -0.334. The van der Waals surface area contributed by atoms with Gasteiger partial charge in [0.15, 0.2) is 5.13 Å². The monoisotopic (exact) mass is 311 g/mol. The van der Waals surface area contributed by atoms with Gasteiger partial charge in [-0.3, -0.25) is 4.79 Å². The topological polar surface area (TPSA) is 88.2 Å². The minimum absolute atomic E-state index is 0.0351. The molecule has 0 bridgehead atoms. The number of carbonyl (C=O) groups excluding carboxylic acids is 1. The Kier molecular flexibility index (Phi) is 4.46. The Morgan fingerprint density at radius 1 is 1.60 bits per heavy atom. The zero-order chi connectivity index (χ0) is 14.7. The lowest BCUT2D eigenvalue weighted by molar-refractivity contribution is -0.121. The van der Waals surface area contributed by atoms with Crippen molar-refractivity contribution in [2.75, 3.05) is 5.32 Å². The highest BCUT2D eigenvalue weighted by atomic mass is 35.5. The average Bonchev–Trinajstić information content (AvgIpc) is 2.79. The molecule has 7 heteroatoms. The molecule has 2 rings (SSSR count). The quantitative estimate of drug-likeness (QED) is 0.792. The summed E-state index contributed by atoms with van der Waals surface area (Å²) in [5.74, 6) is -0.612. The lowest BCUT2D eigenvalue weighted by atomic mass is 10.0. The lowest BCUT2D eigenvalue weighted by Crippen LogP contribution is -2.22. The van der Waals surface area contributed by atoms with Gasteiger partial charge in [0.2, 0.25) is 11.8 Å². The Hall–Kier alpha value is -1.79. The first-order valence-corrected chi connectivity index (χ1v) is 7.20. The van der Waals surface area contributed by atoms with Gasteiger partial charge >= 0.3 is 0 Å². The Labute approximate surface area is 125 Å². The molecule has 20 heavy (non-hydrogen) atoms. The number of anilines is 2. The number of amides is 1. The van der Waals surface area contributed by atoms with Gasteiger partial charge in [-0.1, -0.05) is 24.6 Å². The van der Waals surface area contributed by atoms with Crippen LogP contribution >= 0.6 is 22.9 Å². The molecule has 1 atom stereocenters. The van der Waals surface area contributed by atoms with Gasteiger partial charge in [-0.2, -0.15) is 4.98 Å². The van der Waals surface area contributed by atoms with E-state index in [1.807, 2.05) is 12.1 Å². The zero-order valence-corrected chi connectivity index (χ0v) is 12.3. The first-order chi connectivity index (χ1) is 9.45. The fourth-order valence-electron chi connectivity index (χ4n) is 1.69. The molecule has 0 spiro atoms. The summed E-state index contributed by atoms with van der Waals surface area (Å²) in [4.78, 5) is 15.0. The molecular formula is C13H14ClN3O2S. The maximum atomic E-state index is 11.1. The van der Waals surface area contributed by atoms with Crippen LogP contribution in [-0.2, 0) is 11.2 Å². The van der Waals surface area contributed by atoms with Crippen LogP contribution in [0.25, 0.3) is 0 Å². The van der Waals surface area contributed by atoms with Crippen molar-refractivity contribution in [1.29, 1.82) is 0 Å². The number of thiazole rings is 1. The number of nitrogens with zero attached hydrogens (tertiary/aromatic N) is 1. The molecule has 1 aromatic carbocycles. The molecule has 0 saturated carbocycles. The summed E-state index contributed by atoms with van der Waals surface area (Å²) in [7, 11) is 0. The number of carbonyl (C=O) groups is 1. The minimum Gasteiger partial charge on any atom is -0.493 e. The molecule has 106 valence electrons. The third-order valence-corrected chi connectivity index (χ3v) is 3.87. The van der Waals surface area contributed by atoms with Gasteiger partial charge in [0, 0.05) is 5.92 Å². The molecule has 2 aromatic rings. The van der Waals surface area contributed by atoms with Crippen LogP contribution in [0.15, 0.2) is 23.6 Å². The maximum absolute atomic E-state index is 11.1. The van der Waals surface area contributed by atoms with Gasteiger partial charge in [0.25, 0.3) is 0 Å². The number of aromatic nitrogens is 1. The van der Waals surface area contributed by atoms with Gasteiger partial charge in [-0.25, -0.2) is 0 Å². The van der Waals surface area contributed by atoms with Crippen LogP contribution in [0.2, 0.25) is 5.02 Å². The number of hydrogen-bond acceptors (Lipinski definition) is 5. The number of aromatic hydroxyl groups is 1. The van der Waals surface area contributed by atoms with E-state index in [4.69, 9.17) is 17.3 Å². The molecule has 1 heterocycles. The number of hydrogen-bond donors (Lipinski definition) is 3. The van der Waals surface area contributed by atoms with Crippen LogP contribution in [0.5, 0.6) is 5.88 Å². The van der Waals surface area contributed by atoms with Crippen LogP contribution in [0.3, 0.4) is 0 Å². The zero-order valence-electron chi connectivity index (χ0n) is 10.8. The fourth-order valence-corrected chi connectivity index (χ4v) is 2.44. The number of halogens is 1. The van der Waals surface area contributed by atoms with E-state index in [-0.39, 0.29) is 17.7 Å². The van der Waals surface area contributed by atoms with Crippen LogP contribution < -0.4 is 11.1 Å². The third-order valence-electron chi connectivity index (χ3n) is 2.79. The highest BCUT2D eigenvalue weighted by Crippen LogP contribution is 2.30. The summed E-state index contributed by atoms with van der Waals surface area (Å²) in [6, 6.07) is 5.45. The summed E-state index contributed by atoms with van der Waals surface area (Å²) >= 11 is 7.38. The van der Waals surface area contributed by atoms with Crippen LogP contribution in [-0.4, -0.2) is 16.0 Å². The summed E-state index contributed by atoms with van der Waals surface area (Å²) < 4.78 is 0. The molecule has 5 nitrogen and oxygen atoms in total. The van der Waals surface area contributed by atoms with Crippen molar-refractivity contribution in [1.82, 2.24) is 4.98 Å². The Bertz CT molecular complexity index is 630. The van der Waals surface area contributed by atoms with Gasteiger partial charge in [-0.15, -0.1) is 11.3 Å². The molecular weight excluding hydrogens is 298 g/mol. The number of nitrogens with one attached hydrogen (secondary N) is 1. The Morgan fingerprint density at radius 3 is 2.95 bits per heavy atom. The normalized spacial score (nSPS) is 12.1. The first kappa shape index (κ1) is 14.6. The number of rotatable bonds is 5. The second-order valence-electron chi connectivity index (χ2n) is 4.46. The van der Waals surface area contributed by atoms with Crippen LogP contribution in [0, 0.1) is 5.92 Å². The second-order valence-corrected chi connectivity index (χ2v) is 5.72. The number of benzene rings is 1. The molecule has 4 N–H and O–H groups in total. The molecule has 0 aliphatic rings. The molecule has 0 radical (unpaired) electrons. The molecule has 0 aliphatic heterocycles. The van der Waals surface area contributed by atoms with Gasteiger partial charge in [0.05, 0.1) is 16.1 Å².